The Labute approximate surface area is 113 Å². The molecule has 0 amide bonds. The highest BCUT2D eigenvalue weighted by Crippen LogP contribution is 2.09. The van der Waals surface area contributed by atoms with Gasteiger partial charge in [-0.15, -0.1) is 0 Å². The van der Waals surface area contributed by atoms with E-state index < -0.39 is 16.0 Å². The fourth-order valence-corrected chi connectivity index (χ4v) is 3.25. The molecule has 0 aliphatic heterocycles. The molecule has 5 nitrogen and oxygen atoms in total. The molecule has 1 atom stereocenters. The van der Waals surface area contributed by atoms with E-state index in [2.05, 4.69) is 4.72 Å². The predicted molar refractivity (Wildman–Crippen MR) is 73.5 cm³/mol. The SMILES string of the molecule is CCCC(C)NS(=O)(=O)Cc1ccc(C(=O)O)cc1. The van der Waals surface area contributed by atoms with E-state index in [0.717, 1.165) is 12.8 Å². The van der Waals surface area contributed by atoms with Gasteiger partial charge in [0.15, 0.2) is 0 Å². The van der Waals surface area contributed by atoms with Gasteiger partial charge in [-0.05, 0) is 31.0 Å². The van der Waals surface area contributed by atoms with Gasteiger partial charge in [-0.1, -0.05) is 25.5 Å². The van der Waals surface area contributed by atoms with Gasteiger partial charge >= 0.3 is 5.97 Å². The second-order valence-electron chi connectivity index (χ2n) is 4.57. The topological polar surface area (TPSA) is 83.5 Å². The lowest BCUT2D eigenvalue weighted by atomic mass is 10.1. The molecule has 1 aromatic carbocycles. The molecule has 1 rings (SSSR count). The van der Waals surface area contributed by atoms with Crippen LogP contribution in [0.1, 0.15) is 42.6 Å². The number of carbonyl (C=O) groups is 1. The number of carboxylic acids is 1. The molecular formula is C13H19NO4S. The second kappa shape index (κ2) is 6.68. The molecule has 0 aliphatic rings. The van der Waals surface area contributed by atoms with Crippen LogP contribution in [0.15, 0.2) is 24.3 Å². The lowest BCUT2D eigenvalue weighted by molar-refractivity contribution is 0.0697. The summed E-state index contributed by atoms with van der Waals surface area (Å²) in [5.74, 6) is -1.16. The Kier molecular flexibility index (Phi) is 5.50. The molecule has 2 N–H and O–H groups in total. The Balaban J connectivity index is 2.70. The van der Waals surface area contributed by atoms with E-state index >= 15 is 0 Å². The van der Waals surface area contributed by atoms with Crippen LogP contribution in [-0.4, -0.2) is 25.5 Å². The fourth-order valence-electron chi connectivity index (χ4n) is 1.80. The minimum Gasteiger partial charge on any atom is -0.478 e. The zero-order chi connectivity index (χ0) is 14.5. The third-order valence-corrected chi connectivity index (χ3v) is 4.13. The molecule has 106 valence electrons. The first-order valence-corrected chi connectivity index (χ1v) is 7.81. The van der Waals surface area contributed by atoms with Gasteiger partial charge in [0.05, 0.1) is 11.3 Å². The van der Waals surface area contributed by atoms with E-state index in [1.54, 1.807) is 0 Å². The van der Waals surface area contributed by atoms with E-state index in [1.165, 1.54) is 24.3 Å². The van der Waals surface area contributed by atoms with Gasteiger partial charge in [0.1, 0.15) is 0 Å². The first-order valence-electron chi connectivity index (χ1n) is 6.16. The normalized spacial score (nSPS) is 13.2. The van der Waals surface area contributed by atoms with Gasteiger partial charge in [0, 0.05) is 6.04 Å². The Morgan fingerprint density at radius 2 is 1.89 bits per heavy atom. The first-order chi connectivity index (χ1) is 8.84. The lowest BCUT2D eigenvalue weighted by Crippen LogP contribution is -2.33. The first kappa shape index (κ1) is 15.7. The van der Waals surface area contributed by atoms with Crippen LogP contribution in [0, 0.1) is 0 Å². The van der Waals surface area contributed by atoms with Crippen LogP contribution in [0.4, 0.5) is 0 Å². The van der Waals surface area contributed by atoms with Crippen LogP contribution < -0.4 is 4.72 Å². The van der Waals surface area contributed by atoms with Crippen LogP contribution in [0.2, 0.25) is 0 Å². The van der Waals surface area contributed by atoms with Crippen LogP contribution in [0.5, 0.6) is 0 Å². The highest BCUT2D eigenvalue weighted by Gasteiger charge is 2.15. The molecule has 0 radical (unpaired) electrons. The molecule has 0 aromatic heterocycles. The van der Waals surface area contributed by atoms with Crippen molar-refractivity contribution in [3.05, 3.63) is 35.4 Å². The summed E-state index contributed by atoms with van der Waals surface area (Å²) in [4.78, 5) is 10.7. The molecule has 1 aromatic rings. The Bertz CT molecular complexity index is 522. The molecule has 0 fully saturated rings. The van der Waals surface area contributed by atoms with Crippen molar-refractivity contribution >= 4 is 16.0 Å². The highest BCUT2D eigenvalue weighted by molar-refractivity contribution is 7.88. The van der Waals surface area contributed by atoms with Gasteiger partial charge in [-0.3, -0.25) is 0 Å². The maximum absolute atomic E-state index is 11.9. The van der Waals surface area contributed by atoms with Gasteiger partial charge in [-0.2, -0.15) is 0 Å². The van der Waals surface area contributed by atoms with E-state index in [9.17, 15) is 13.2 Å². The summed E-state index contributed by atoms with van der Waals surface area (Å²) in [5, 5.41) is 8.76. The van der Waals surface area contributed by atoms with Crippen molar-refractivity contribution in [2.24, 2.45) is 0 Å². The predicted octanol–water partition coefficient (Wildman–Crippen LogP) is 1.99. The molecule has 6 heteroatoms. The highest BCUT2D eigenvalue weighted by atomic mass is 32.2. The second-order valence-corrected chi connectivity index (χ2v) is 6.32. The average Bonchev–Trinajstić information content (AvgIpc) is 2.28. The summed E-state index contributed by atoms with van der Waals surface area (Å²) in [6.45, 7) is 3.82. The van der Waals surface area contributed by atoms with Crippen molar-refractivity contribution in [3.63, 3.8) is 0 Å². The smallest absolute Gasteiger partial charge is 0.335 e. The van der Waals surface area contributed by atoms with Gasteiger partial charge in [-0.25, -0.2) is 17.9 Å². The van der Waals surface area contributed by atoms with Gasteiger partial charge < -0.3 is 5.11 Å². The summed E-state index contributed by atoms with van der Waals surface area (Å²) in [6.07, 6.45) is 1.70. The van der Waals surface area contributed by atoms with E-state index in [1.807, 2.05) is 13.8 Å². The summed E-state index contributed by atoms with van der Waals surface area (Å²) in [6, 6.07) is 5.76. The van der Waals surface area contributed by atoms with E-state index in [-0.39, 0.29) is 17.4 Å². The Hall–Kier alpha value is -1.40. The van der Waals surface area contributed by atoms with Crippen LogP contribution in [0.3, 0.4) is 0 Å². The third-order valence-electron chi connectivity index (χ3n) is 2.66. The summed E-state index contributed by atoms with van der Waals surface area (Å²) < 4.78 is 26.4. The standard InChI is InChI=1S/C13H19NO4S/c1-3-4-10(2)14-19(17,18)9-11-5-7-12(8-6-11)13(15)16/h5-8,10,14H,3-4,9H2,1-2H3,(H,15,16). The number of sulfonamides is 1. The number of nitrogens with one attached hydrogen (secondary N) is 1. The molecule has 1 unspecified atom stereocenters. The van der Waals surface area contributed by atoms with Crippen molar-refractivity contribution in [2.75, 3.05) is 0 Å². The van der Waals surface area contributed by atoms with Crippen molar-refractivity contribution in [1.29, 1.82) is 0 Å². The summed E-state index contributed by atoms with van der Waals surface area (Å²) >= 11 is 0. The zero-order valence-corrected chi connectivity index (χ0v) is 11.9. The number of benzene rings is 1. The maximum atomic E-state index is 11.9. The third kappa shape index (κ3) is 5.40. The minimum absolute atomic E-state index is 0.0895. The largest absolute Gasteiger partial charge is 0.478 e. The van der Waals surface area contributed by atoms with Crippen molar-refractivity contribution < 1.29 is 18.3 Å². The fraction of sp³-hybridized carbons (Fsp3) is 0.462. The quantitative estimate of drug-likeness (QED) is 0.802. The number of hydrogen-bond donors (Lipinski definition) is 2. The van der Waals surface area contributed by atoms with Crippen molar-refractivity contribution in [2.45, 2.75) is 38.5 Å². The summed E-state index contributed by atoms with van der Waals surface area (Å²) in [5.41, 5.74) is 0.717. The van der Waals surface area contributed by atoms with Crippen molar-refractivity contribution in [1.82, 2.24) is 4.72 Å². The molecule has 0 aliphatic carbocycles. The summed E-state index contributed by atoms with van der Waals surface area (Å²) in [7, 11) is -3.39. The van der Waals surface area contributed by atoms with E-state index in [4.69, 9.17) is 5.11 Å². The van der Waals surface area contributed by atoms with Crippen LogP contribution >= 0.6 is 0 Å². The molecule has 0 bridgehead atoms. The Morgan fingerprint density at radius 1 is 1.32 bits per heavy atom. The molecule has 0 spiro atoms. The number of hydrogen-bond acceptors (Lipinski definition) is 3. The molecule has 19 heavy (non-hydrogen) atoms. The van der Waals surface area contributed by atoms with Crippen molar-refractivity contribution in [3.8, 4) is 0 Å². The molecular weight excluding hydrogens is 266 g/mol. The Morgan fingerprint density at radius 3 is 2.37 bits per heavy atom. The zero-order valence-electron chi connectivity index (χ0n) is 11.1. The average molecular weight is 285 g/mol. The molecule has 0 saturated carbocycles. The van der Waals surface area contributed by atoms with Crippen LogP contribution in [0.25, 0.3) is 0 Å². The van der Waals surface area contributed by atoms with Gasteiger partial charge in [0.25, 0.3) is 0 Å². The molecule has 0 saturated heterocycles. The van der Waals surface area contributed by atoms with Crippen LogP contribution in [-0.2, 0) is 15.8 Å². The number of rotatable bonds is 7. The minimum atomic E-state index is -3.39. The van der Waals surface area contributed by atoms with Gasteiger partial charge in [0.2, 0.25) is 10.0 Å². The monoisotopic (exact) mass is 285 g/mol. The number of carboxylic acid groups (broad SMARTS) is 1. The lowest BCUT2D eigenvalue weighted by Gasteiger charge is -2.13. The number of aromatic carboxylic acids is 1. The maximum Gasteiger partial charge on any atom is 0.335 e. The van der Waals surface area contributed by atoms with E-state index in [0.29, 0.717) is 5.56 Å². The molecule has 0 heterocycles.